The van der Waals surface area contributed by atoms with E-state index in [-0.39, 0.29) is 42.9 Å². The van der Waals surface area contributed by atoms with Gasteiger partial charge in [0.1, 0.15) is 18.6 Å². The number of carbonyl (C=O) groups excluding carboxylic acids is 4. The van der Waals surface area contributed by atoms with Gasteiger partial charge in [-0.15, -0.1) is 0 Å². The van der Waals surface area contributed by atoms with Crippen LogP contribution in [0.5, 0.6) is 0 Å². The number of unbranched alkanes of at least 4 members (excludes halogenated alkanes) is 1. The molecule has 0 radical (unpaired) electrons. The van der Waals surface area contributed by atoms with Gasteiger partial charge < -0.3 is 44.0 Å². The molecule has 3 rings (SSSR count). The van der Waals surface area contributed by atoms with Gasteiger partial charge in [-0.1, -0.05) is 45.5 Å². The number of fused-ring (bicyclic) bond motifs is 1. The standard InChI is InChI=1S/C40H69N7O10/c1-13-19-53-37(50)43-23-29-20-30(46(10)11)25(4)36(54-29)56-34-26(5)32(48)27(6)35(49)55-31(14-2)40(9)33(28(7)42-22-24(3)21-39(34,8)52-12)47(38(51)57-40)18-16-15-17-44-45-41/h13,24-31,33-34,36,42H,1,14-23H2,2-12H3,(H,43,50)/t24-,25-,26+,27-,28-,29+,30?,31-,33-,34-,36+,39-,40-/m1/s1. The smallest absolute Gasteiger partial charge is 0.410 e. The molecule has 3 saturated heterocycles. The summed E-state index contributed by atoms with van der Waals surface area (Å²) in [6.45, 7) is 20.0. The molecule has 0 bridgehead atoms. The molecule has 2 amide bonds. The number of ketones is 1. The van der Waals surface area contributed by atoms with E-state index in [0.29, 0.717) is 51.7 Å². The fraction of sp³-hybridized carbons (Fsp3) is 0.850. The summed E-state index contributed by atoms with van der Waals surface area (Å²) in [7, 11) is 5.56. The Kier molecular flexibility index (Phi) is 18.1. The quantitative estimate of drug-likeness (QED) is 0.0339. The highest BCUT2D eigenvalue weighted by Gasteiger charge is 2.58. The molecule has 2 N–H and O–H groups in total. The summed E-state index contributed by atoms with van der Waals surface area (Å²) in [4.78, 5) is 60.9. The zero-order chi connectivity index (χ0) is 42.7. The molecular formula is C40H69N7O10. The topological polar surface area (TPSA) is 203 Å². The summed E-state index contributed by atoms with van der Waals surface area (Å²) >= 11 is 0. The van der Waals surface area contributed by atoms with Crippen LogP contribution in [0.4, 0.5) is 9.59 Å². The van der Waals surface area contributed by atoms with Crippen molar-refractivity contribution < 1.29 is 47.6 Å². The number of rotatable bonds is 14. The van der Waals surface area contributed by atoms with E-state index < -0.39 is 71.8 Å². The van der Waals surface area contributed by atoms with Crippen molar-refractivity contribution in [3.05, 3.63) is 23.1 Å². The molecule has 0 aromatic heterocycles. The SMILES string of the molecule is C=CCOC(=O)NC[C@@H]1CC(N(C)C)[C@@H](C)[C@H](O[C@@H]2[C@@H](C)C(=O)[C@@H](C)C(=O)O[C@H](CC)[C@@]3(C)OC(=O)N(CCCCN=[N+]=[N-])[C@@H]3[C@@H](C)NC[C@H](C)C[C@@]2(C)OC)O1. The molecule has 0 spiro atoms. The molecular weight excluding hydrogens is 738 g/mol. The molecule has 0 aromatic carbocycles. The molecule has 324 valence electrons. The monoisotopic (exact) mass is 808 g/mol. The lowest BCUT2D eigenvalue weighted by atomic mass is 9.78. The van der Waals surface area contributed by atoms with E-state index in [2.05, 4.69) is 39.1 Å². The molecule has 57 heavy (non-hydrogen) atoms. The van der Waals surface area contributed by atoms with Crippen LogP contribution < -0.4 is 10.6 Å². The molecule has 3 aliphatic heterocycles. The first-order valence-electron chi connectivity index (χ1n) is 20.4. The van der Waals surface area contributed by atoms with Crippen LogP contribution in [-0.4, -0.2) is 142 Å². The van der Waals surface area contributed by atoms with Gasteiger partial charge in [0.15, 0.2) is 17.7 Å². The number of amides is 2. The van der Waals surface area contributed by atoms with Crippen LogP contribution in [0.1, 0.15) is 87.5 Å². The third kappa shape index (κ3) is 11.8. The number of azide groups is 1. The molecule has 1 unspecified atom stereocenters. The Hall–Kier alpha value is -3.47. The summed E-state index contributed by atoms with van der Waals surface area (Å²) in [5.41, 5.74) is 6.42. The van der Waals surface area contributed by atoms with Gasteiger partial charge in [0.2, 0.25) is 0 Å². The Morgan fingerprint density at radius 1 is 1.18 bits per heavy atom. The Labute approximate surface area is 338 Å². The lowest BCUT2D eigenvalue weighted by Crippen LogP contribution is -2.61. The van der Waals surface area contributed by atoms with Gasteiger partial charge in [-0.05, 0) is 91.9 Å². The van der Waals surface area contributed by atoms with Gasteiger partial charge in [0.25, 0.3) is 0 Å². The maximum absolute atomic E-state index is 14.5. The number of alkyl carbamates (subject to hydrolysis) is 1. The third-order valence-corrected chi connectivity index (χ3v) is 12.1. The normalized spacial score (nSPS) is 36.9. The van der Waals surface area contributed by atoms with Crippen LogP contribution in [-0.2, 0) is 38.0 Å². The molecule has 0 saturated carbocycles. The second-order valence-electron chi connectivity index (χ2n) is 16.7. The first-order chi connectivity index (χ1) is 26.9. The first kappa shape index (κ1) is 47.9. The molecule has 0 aromatic rings. The Morgan fingerprint density at radius 3 is 2.49 bits per heavy atom. The van der Waals surface area contributed by atoms with E-state index in [1.165, 1.54) is 13.0 Å². The van der Waals surface area contributed by atoms with E-state index in [1.807, 2.05) is 41.8 Å². The maximum Gasteiger partial charge on any atom is 0.410 e. The minimum Gasteiger partial charge on any atom is -0.458 e. The predicted molar refractivity (Wildman–Crippen MR) is 213 cm³/mol. The van der Waals surface area contributed by atoms with Gasteiger partial charge in [-0.25, -0.2) is 9.59 Å². The number of cyclic esters (lactones) is 1. The molecule has 0 aliphatic carbocycles. The van der Waals surface area contributed by atoms with Crippen LogP contribution in [0.2, 0.25) is 0 Å². The number of Topliss-reactive ketones (excluding diaryl/α,β-unsaturated/α-hetero) is 1. The van der Waals surface area contributed by atoms with E-state index in [0.717, 1.165) is 0 Å². The van der Waals surface area contributed by atoms with Crippen LogP contribution >= 0.6 is 0 Å². The minimum atomic E-state index is -1.24. The Morgan fingerprint density at radius 2 is 1.88 bits per heavy atom. The van der Waals surface area contributed by atoms with Crippen LogP contribution in [0.25, 0.3) is 10.4 Å². The van der Waals surface area contributed by atoms with Crippen LogP contribution in [0.15, 0.2) is 17.8 Å². The summed E-state index contributed by atoms with van der Waals surface area (Å²) < 4.78 is 37.2. The lowest BCUT2D eigenvalue weighted by molar-refractivity contribution is -0.282. The zero-order valence-corrected chi connectivity index (χ0v) is 36.0. The van der Waals surface area contributed by atoms with Crippen molar-refractivity contribution in [1.82, 2.24) is 20.4 Å². The van der Waals surface area contributed by atoms with E-state index in [9.17, 15) is 19.2 Å². The fourth-order valence-electron chi connectivity index (χ4n) is 8.90. The summed E-state index contributed by atoms with van der Waals surface area (Å²) in [6.07, 6.45) is -0.00601. The van der Waals surface area contributed by atoms with Crippen molar-refractivity contribution in [2.45, 2.75) is 141 Å². The minimum absolute atomic E-state index is 0.00633. The second-order valence-corrected chi connectivity index (χ2v) is 16.7. The van der Waals surface area contributed by atoms with Gasteiger partial charge in [-0.3, -0.25) is 14.5 Å². The summed E-state index contributed by atoms with van der Waals surface area (Å²) in [5.74, 6) is -3.33. The average Bonchev–Trinajstić information content (AvgIpc) is 3.44. The number of nitrogens with one attached hydrogen (secondary N) is 2. The molecule has 17 nitrogen and oxygen atoms in total. The number of carbonyl (C=O) groups is 4. The van der Waals surface area contributed by atoms with Crippen LogP contribution in [0.3, 0.4) is 0 Å². The Balaban J connectivity index is 2.00. The number of esters is 1. The van der Waals surface area contributed by atoms with Crippen LogP contribution in [0, 0.1) is 23.7 Å². The number of hydrogen-bond acceptors (Lipinski definition) is 13. The van der Waals surface area contributed by atoms with Gasteiger partial charge >= 0.3 is 18.2 Å². The molecule has 13 atom stereocenters. The van der Waals surface area contributed by atoms with E-state index >= 15 is 0 Å². The van der Waals surface area contributed by atoms with Crippen molar-refractivity contribution in [2.24, 2.45) is 28.8 Å². The number of methoxy groups -OCH3 is 1. The maximum atomic E-state index is 14.5. The predicted octanol–water partition coefficient (Wildman–Crippen LogP) is 5.22. The summed E-state index contributed by atoms with van der Waals surface area (Å²) in [6, 6.07) is -0.834. The zero-order valence-electron chi connectivity index (χ0n) is 36.0. The van der Waals surface area contributed by atoms with E-state index in [1.54, 1.807) is 25.9 Å². The fourth-order valence-corrected chi connectivity index (χ4v) is 8.90. The molecule has 3 aliphatic rings. The lowest BCUT2D eigenvalue weighted by Gasteiger charge is -2.47. The highest BCUT2D eigenvalue weighted by Crippen LogP contribution is 2.40. The first-order valence-corrected chi connectivity index (χ1v) is 20.4. The van der Waals surface area contributed by atoms with Crippen molar-refractivity contribution in [2.75, 3.05) is 54.0 Å². The van der Waals surface area contributed by atoms with Gasteiger partial charge in [0.05, 0.1) is 23.9 Å². The highest BCUT2D eigenvalue weighted by molar-refractivity contribution is 6.00. The van der Waals surface area contributed by atoms with Crippen molar-refractivity contribution in [3.8, 4) is 0 Å². The van der Waals surface area contributed by atoms with Gasteiger partial charge in [0, 0.05) is 55.6 Å². The van der Waals surface area contributed by atoms with Gasteiger partial charge in [-0.2, -0.15) is 0 Å². The van der Waals surface area contributed by atoms with Crippen molar-refractivity contribution in [1.29, 1.82) is 0 Å². The summed E-state index contributed by atoms with van der Waals surface area (Å²) in [5, 5.41) is 10.0. The van der Waals surface area contributed by atoms with Crippen molar-refractivity contribution in [3.63, 3.8) is 0 Å². The third-order valence-electron chi connectivity index (χ3n) is 12.1. The molecule has 3 heterocycles. The number of nitrogens with zero attached hydrogens (tertiary/aromatic N) is 5. The number of ether oxygens (including phenoxy) is 6. The highest BCUT2D eigenvalue weighted by atomic mass is 16.7. The number of hydrogen-bond donors (Lipinski definition) is 2. The Bertz CT molecular complexity index is 1430. The second kappa shape index (κ2) is 21.5. The largest absolute Gasteiger partial charge is 0.458 e. The average molecular weight is 808 g/mol. The van der Waals surface area contributed by atoms with E-state index in [4.69, 9.17) is 34.0 Å². The molecule has 17 heteroatoms. The van der Waals surface area contributed by atoms with Crippen molar-refractivity contribution >= 4 is 23.9 Å². The molecule has 3 fully saturated rings.